The van der Waals surface area contributed by atoms with Gasteiger partial charge in [0.15, 0.2) is 0 Å². The van der Waals surface area contributed by atoms with Crippen LogP contribution in [0.1, 0.15) is 13.3 Å². The fourth-order valence-corrected chi connectivity index (χ4v) is 0.580. The molecule has 0 heterocycles. The lowest BCUT2D eigenvalue weighted by Crippen LogP contribution is -2.11. The summed E-state index contributed by atoms with van der Waals surface area (Å²) in [5.74, 6) is -1.58. The summed E-state index contributed by atoms with van der Waals surface area (Å²) in [6.45, 7) is 1.18. The van der Waals surface area contributed by atoms with Gasteiger partial charge >= 0.3 is 11.9 Å². The van der Waals surface area contributed by atoms with Crippen LogP contribution in [-0.2, 0) is 14.3 Å². The van der Waals surface area contributed by atoms with Crippen molar-refractivity contribution in [2.45, 2.75) is 19.4 Å². The van der Waals surface area contributed by atoms with Crippen molar-refractivity contribution >= 4 is 11.9 Å². The summed E-state index contributed by atoms with van der Waals surface area (Å²) < 4.78 is 4.50. The summed E-state index contributed by atoms with van der Waals surface area (Å²) in [6.07, 6.45) is 1.30. The number of carboxylic acid groups (broad SMARTS) is 1. The van der Waals surface area contributed by atoms with E-state index in [1.54, 1.807) is 6.07 Å². The molecule has 1 atom stereocenters. The molecule has 13 heavy (non-hydrogen) atoms. The number of hydrogen-bond acceptors (Lipinski definition) is 4. The van der Waals surface area contributed by atoms with E-state index >= 15 is 0 Å². The fourth-order valence-electron chi connectivity index (χ4n) is 0.580. The molecule has 0 aromatic rings. The molecule has 0 fully saturated rings. The molecule has 5 nitrogen and oxygen atoms in total. The number of nitriles is 1. The minimum Gasteiger partial charge on any atom is -0.481 e. The maximum atomic E-state index is 10.4. The highest BCUT2D eigenvalue weighted by atomic mass is 16.5. The quantitative estimate of drug-likeness (QED) is 0.505. The number of carbonyl (C=O) groups is 2. The summed E-state index contributed by atoms with van der Waals surface area (Å²) in [6, 6.07) is 1.68. The van der Waals surface area contributed by atoms with Crippen LogP contribution in [0.3, 0.4) is 0 Å². The van der Waals surface area contributed by atoms with Gasteiger partial charge in [-0.25, -0.2) is 0 Å². The zero-order valence-corrected chi connectivity index (χ0v) is 7.06. The van der Waals surface area contributed by atoms with Crippen molar-refractivity contribution in [2.24, 2.45) is 0 Å². The van der Waals surface area contributed by atoms with E-state index in [1.165, 1.54) is 19.1 Å². The molecule has 0 aromatic heterocycles. The first-order valence-electron chi connectivity index (χ1n) is 3.51. The van der Waals surface area contributed by atoms with Crippen molar-refractivity contribution in [3.05, 3.63) is 12.2 Å². The lowest BCUT2D eigenvalue weighted by atomic mass is 10.3. The highest BCUT2D eigenvalue weighted by molar-refractivity contribution is 5.69. The monoisotopic (exact) mass is 183 g/mol. The number of carbonyl (C=O) groups excluding carboxylic acids is 1. The van der Waals surface area contributed by atoms with E-state index < -0.39 is 18.0 Å². The zero-order chi connectivity index (χ0) is 10.3. The molecule has 0 saturated heterocycles. The Balaban J connectivity index is 3.99. The fraction of sp³-hybridized carbons (Fsp3) is 0.375. The third-order valence-electron chi connectivity index (χ3n) is 1.02. The molecule has 1 N–H and O–H groups in total. The van der Waals surface area contributed by atoms with Crippen LogP contribution in [0, 0.1) is 11.3 Å². The molecule has 0 aliphatic rings. The Morgan fingerprint density at radius 2 is 2.31 bits per heavy atom. The second kappa shape index (κ2) is 5.77. The molecule has 0 aromatic carbocycles. The molecule has 0 amide bonds. The minimum atomic E-state index is -1.00. The average Bonchev–Trinajstić information content (AvgIpc) is 2.01. The van der Waals surface area contributed by atoms with E-state index in [2.05, 4.69) is 4.74 Å². The van der Waals surface area contributed by atoms with Gasteiger partial charge in [0.2, 0.25) is 6.10 Å². The largest absolute Gasteiger partial charge is 0.481 e. The van der Waals surface area contributed by atoms with Gasteiger partial charge in [-0.2, -0.15) is 5.26 Å². The van der Waals surface area contributed by atoms with Gasteiger partial charge in [0.25, 0.3) is 0 Å². The van der Waals surface area contributed by atoms with E-state index in [9.17, 15) is 9.59 Å². The van der Waals surface area contributed by atoms with Crippen LogP contribution in [0.5, 0.6) is 0 Å². The van der Waals surface area contributed by atoms with Crippen molar-refractivity contribution in [1.29, 1.82) is 5.26 Å². The Morgan fingerprint density at radius 1 is 1.69 bits per heavy atom. The normalized spacial score (nSPS) is 12.0. The molecular formula is C8H9NO4. The van der Waals surface area contributed by atoms with Crippen molar-refractivity contribution < 1.29 is 19.4 Å². The number of carboxylic acids is 1. The van der Waals surface area contributed by atoms with Crippen LogP contribution in [-0.4, -0.2) is 23.1 Å². The van der Waals surface area contributed by atoms with Crippen molar-refractivity contribution in [2.75, 3.05) is 0 Å². The molecule has 0 saturated carbocycles. The molecule has 0 spiro atoms. The van der Waals surface area contributed by atoms with Gasteiger partial charge in [0.1, 0.15) is 6.07 Å². The summed E-state index contributed by atoms with van der Waals surface area (Å²) in [4.78, 5) is 20.4. The summed E-state index contributed by atoms with van der Waals surface area (Å²) in [7, 11) is 0. The maximum absolute atomic E-state index is 10.4. The van der Waals surface area contributed by atoms with Crippen LogP contribution in [0.15, 0.2) is 12.2 Å². The van der Waals surface area contributed by atoms with Gasteiger partial charge < -0.3 is 9.84 Å². The predicted octanol–water partition coefficient (Wildman–Crippen LogP) is 0.473. The number of aliphatic carboxylic acids is 1. The van der Waals surface area contributed by atoms with Crippen LogP contribution < -0.4 is 0 Å². The van der Waals surface area contributed by atoms with Crippen molar-refractivity contribution in [3.63, 3.8) is 0 Å². The van der Waals surface area contributed by atoms with Crippen LogP contribution in [0.4, 0.5) is 0 Å². The summed E-state index contributed by atoms with van der Waals surface area (Å²) in [5.41, 5.74) is 0. The van der Waals surface area contributed by atoms with E-state index in [4.69, 9.17) is 10.4 Å². The highest BCUT2D eigenvalue weighted by Crippen LogP contribution is 1.95. The maximum Gasteiger partial charge on any atom is 0.307 e. The topological polar surface area (TPSA) is 87.4 Å². The Labute approximate surface area is 75.2 Å². The summed E-state index contributed by atoms with van der Waals surface area (Å²) >= 11 is 0. The number of nitrogens with zero attached hydrogens (tertiary/aromatic N) is 1. The second-order valence-electron chi connectivity index (χ2n) is 2.19. The average molecular weight is 183 g/mol. The molecule has 0 bridgehead atoms. The number of ether oxygens (including phenoxy) is 1. The Bertz CT molecular complexity index is 264. The van der Waals surface area contributed by atoms with E-state index in [-0.39, 0.29) is 6.42 Å². The molecule has 70 valence electrons. The molecule has 0 aliphatic carbocycles. The Morgan fingerprint density at radius 3 is 2.69 bits per heavy atom. The molecule has 5 heteroatoms. The SMILES string of the molecule is CC(=O)OC(C#N)C=CCC(=O)O. The predicted molar refractivity (Wildman–Crippen MR) is 42.6 cm³/mol. The second-order valence-corrected chi connectivity index (χ2v) is 2.19. The Kier molecular flexibility index (Phi) is 4.96. The van der Waals surface area contributed by atoms with E-state index in [1.807, 2.05) is 0 Å². The number of rotatable bonds is 4. The van der Waals surface area contributed by atoms with Gasteiger partial charge in [0.05, 0.1) is 6.42 Å². The van der Waals surface area contributed by atoms with Crippen LogP contribution in [0.2, 0.25) is 0 Å². The number of esters is 1. The lowest BCUT2D eigenvalue weighted by Gasteiger charge is -2.02. The third kappa shape index (κ3) is 6.56. The molecule has 0 radical (unpaired) electrons. The highest BCUT2D eigenvalue weighted by Gasteiger charge is 2.05. The zero-order valence-electron chi connectivity index (χ0n) is 7.06. The molecule has 0 rings (SSSR count). The van der Waals surface area contributed by atoms with Gasteiger partial charge in [-0.15, -0.1) is 0 Å². The van der Waals surface area contributed by atoms with E-state index in [0.717, 1.165) is 0 Å². The molecule has 0 aliphatic heterocycles. The smallest absolute Gasteiger partial charge is 0.307 e. The standard InChI is InChI=1S/C8H9NO4/c1-6(10)13-7(5-9)3-2-4-8(11)12/h2-3,7H,4H2,1H3,(H,11,12). The van der Waals surface area contributed by atoms with Crippen molar-refractivity contribution in [3.8, 4) is 6.07 Å². The Hall–Kier alpha value is -1.83. The van der Waals surface area contributed by atoms with Gasteiger partial charge in [0, 0.05) is 6.92 Å². The molecule has 1 unspecified atom stereocenters. The van der Waals surface area contributed by atoms with Gasteiger partial charge in [-0.1, -0.05) is 6.08 Å². The van der Waals surface area contributed by atoms with Crippen molar-refractivity contribution in [1.82, 2.24) is 0 Å². The third-order valence-corrected chi connectivity index (χ3v) is 1.02. The summed E-state index contributed by atoms with van der Waals surface area (Å²) in [5, 5.41) is 16.7. The van der Waals surface area contributed by atoms with E-state index in [0.29, 0.717) is 0 Å². The van der Waals surface area contributed by atoms with Crippen LogP contribution >= 0.6 is 0 Å². The number of hydrogen-bond donors (Lipinski definition) is 1. The first-order chi connectivity index (χ1) is 6.06. The van der Waals surface area contributed by atoms with Crippen LogP contribution in [0.25, 0.3) is 0 Å². The molecular weight excluding hydrogens is 174 g/mol. The lowest BCUT2D eigenvalue weighted by molar-refractivity contribution is -0.142. The minimum absolute atomic E-state index is 0.195. The van der Waals surface area contributed by atoms with Gasteiger partial charge in [-0.3, -0.25) is 9.59 Å². The first kappa shape index (κ1) is 11.2. The van der Waals surface area contributed by atoms with Gasteiger partial charge in [-0.05, 0) is 6.08 Å². The first-order valence-corrected chi connectivity index (χ1v) is 3.51.